The molecule has 0 spiro atoms. The van der Waals surface area contributed by atoms with Gasteiger partial charge in [0.15, 0.2) is 0 Å². The smallest absolute Gasteiger partial charge is 0.0979 e. The van der Waals surface area contributed by atoms with Crippen molar-refractivity contribution in [1.29, 1.82) is 0 Å². The first kappa shape index (κ1) is 32.1. The third kappa shape index (κ3) is 5.24. The highest BCUT2D eigenvalue weighted by Gasteiger charge is 2.14. The lowest BCUT2D eigenvalue weighted by molar-refractivity contribution is 1.31. The maximum Gasteiger partial charge on any atom is 0.0979 e. The van der Waals surface area contributed by atoms with Crippen molar-refractivity contribution in [2.24, 2.45) is 0 Å². The minimum Gasteiger partial charge on any atom is -0.252 e. The average Bonchev–Trinajstić information content (AvgIpc) is 3.67. The fourth-order valence-electron chi connectivity index (χ4n) is 8.79. The van der Waals surface area contributed by atoms with Gasteiger partial charge in [-0.15, -0.1) is 11.3 Å². The molecular formula is C54H32N2S. The van der Waals surface area contributed by atoms with Gasteiger partial charge in [0.25, 0.3) is 0 Å². The summed E-state index contributed by atoms with van der Waals surface area (Å²) in [6.45, 7) is 0. The molecule has 2 aromatic heterocycles. The Bertz CT molecular complexity index is 3560. The van der Waals surface area contributed by atoms with Gasteiger partial charge < -0.3 is 0 Å². The molecule has 0 atom stereocenters. The van der Waals surface area contributed by atoms with E-state index in [1.54, 1.807) is 0 Å². The summed E-state index contributed by atoms with van der Waals surface area (Å²) in [5.41, 5.74) is 11.1. The van der Waals surface area contributed by atoms with E-state index in [0.29, 0.717) is 0 Å². The van der Waals surface area contributed by atoms with Gasteiger partial charge in [0.05, 0.1) is 22.9 Å². The van der Waals surface area contributed by atoms with Crippen molar-refractivity contribution >= 4 is 85.6 Å². The second-order valence-corrected chi connectivity index (χ2v) is 16.0. The van der Waals surface area contributed by atoms with Gasteiger partial charge in [0, 0.05) is 36.5 Å². The van der Waals surface area contributed by atoms with Crippen LogP contribution in [0.4, 0.5) is 0 Å². The molecule has 12 aromatic rings. The molecule has 57 heavy (non-hydrogen) atoms. The number of thiophene rings is 1. The molecule has 3 heteroatoms. The van der Waals surface area contributed by atoms with Gasteiger partial charge in [-0.05, 0) is 102 Å². The number of fused-ring (bicyclic) bond motifs is 11. The van der Waals surface area contributed by atoms with Gasteiger partial charge in [0.1, 0.15) is 0 Å². The normalized spacial score (nSPS) is 11.9. The van der Waals surface area contributed by atoms with Gasteiger partial charge >= 0.3 is 0 Å². The Morgan fingerprint density at radius 1 is 0.333 bits per heavy atom. The van der Waals surface area contributed by atoms with E-state index in [0.717, 1.165) is 38.6 Å². The summed E-state index contributed by atoms with van der Waals surface area (Å²) in [5, 5.41) is 12.3. The largest absolute Gasteiger partial charge is 0.252 e. The van der Waals surface area contributed by atoms with E-state index >= 15 is 0 Å². The van der Waals surface area contributed by atoms with Crippen LogP contribution in [0, 0.1) is 0 Å². The van der Waals surface area contributed by atoms with E-state index in [-0.39, 0.29) is 0 Å². The van der Waals surface area contributed by atoms with Crippen molar-refractivity contribution in [3.63, 3.8) is 0 Å². The molecule has 0 saturated heterocycles. The van der Waals surface area contributed by atoms with Gasteiger partial charge in [0.2, 0.25) is 0 Å². The van der Waals surface area contributed by atoms with Crippen LogP contribution in [0.3, 0.4) is 0 Å². The van der Waals surface area contributed by atoms with E-state index in [1.165, 1.54) is 80.3 Å². The van der Waals surface area contributed by atoms with Crippen LogP contribution in [-0.4, -0.2) is 9.97 Å². The highest BCUT2D eigenvalue weighted by molar-refractivity contribution is 7.26. The molecule has 0 unspecified atom stereocenters. The molecular weight excluding hydrogens is 709 g/mol. The molecule has 0 aliphatic heterocycles. The fourth-order valence-corrected chi connectivity index (χ4v) is 10.0. The van der Waals surface area contributed by atoms with Crippen molar-refractivity contribution in [2.45, 2.75) is 0 Å². The van der Waals surface area contributed by atoms with E-state index in [2.05, 4.69) is 188 Å². The summed E-state index contributed by atoms with van der Waals surface area (Å²) in [4.78, 5) is 10.2. The zero-order valence-corrected chi connectivity index (χ0v) is 31.6. The van der Waals surface area contributed by atoms with Crippen LogP contribution >= 0.6 is 11.3 Å². The Kier molecular flexibility index (Phi) is 7.13. The number of hydrogen-bond donors (Lipinski definition) is 0. The summed E-state index contributed by atoms with van der Waals surface area (Å²) in [6, 6.07) is 68.4. The number of rotatable bonds is 4. The topological polar surface area (TPSA) is 25.8 Å². The van der Waals surface area contributed by atoms with Crippen molar-refractivity contribution in [2.75, 3.05) is 0 Å². The zero-order valence-electron chi connectivity index (χ0n) is 30.8. The van der Waals surface area contributed by atoms with Crippen LogP contribution in [0.15, 0.2) is 194 Å². The second-order valence-electron chi connectivity index (χ2n) is 15.0. The second kappa shape index (κ2) is 12.7. The van der Waals surface area contributed by atoms with Crippen molar-refractivity contribution in [1.82, 2.24) is 9.97 Å². The Balaban J connectivity index is 0.858. The molecule has 0 aliphatic rings. The van der Waals surface area contributed by atoms with Crippen LogP contribution in [0.2, 0.25) is 0 Å². The molecule has 0 N–H and O–H groups in total. The molecule has 2 nitrogen and oxygen atoms in total. The zero-order chi connectivity index (χ0) is 37.5. The summed E-state index contributed by atoms with van der Waals surface area (Å²) >= 11 is 1.88. The molecule has 0 bridgehead atoms. The van der Waals surface area contributed by atoms with E-state index < -0.39 is 0 Å². The minimum atomic E-state index is 0.871. The Hall–Kier alpha value is -7.20. The average molecular weight is 741 g/mol. The number of hydrogen-bond acceptors (Lipinski definition) is 3. The SMILES string of the molecule is c1cc(-c2ccc3cc(-c4ccc5cc(-c6cccc7c6sc6ccccc67)ccc5c4)ccc3c2)cc(-c2cnc3c4ccccc4c4ccccc4c3n2)c1. The first-order valence-electron chi connectivity index (χ1n) is 19.4. The molecule has 12 rings (SSSR count). The Morgan fingerprint density at radius 2 is 0.825 bits per heavy atom. The van der Waals surface area contributed by atoms with E-state index in [1.807, 2.05) is 17.5 Å². The summed E-state index contributed by atoms with van der Waals surface area (Å²) in [6.07, 6.45) is 1.92. The maximum absolute atomic E-state index is 5.24. The lowest BCUT2D eigenvalue weighted by Crippen LogP contribution is -1.92. The highest BCUT2D eigenvalue weighted by Crippen LogP contribution is 2.41. The molecule has 0 amide bonds. The lowest BCUT2D eigenvalue weighted by atomic mass is 9.95. The third-order valence-electron chi connectivity index (χ3n) is 11.6. The quantitative estimate of drug-likeness (QED) is 0.168. The molecule has 0 aliphatic carbocycles. The predicted octanol–water partition coefficient (Wildman–Crippen LogP) is 15.3. The highest BCUT2D eigenvalue weighted by atomic mass is 32.1. The number of benzene rings is 10. The third-order valence-corrected chi connectivity index (χ3v) is 12.9. The summed E-state index contributed by atoms with van der Waals surface area (Å²) in [5.74, 6) is 0. The molecule has 2 heterocycles. The van der Waals surface area contributed by atoms with Gasteiger partial charge in [-0.25, -0.2) is 4.98 Å². The Morgan fingerprint density at radius 3 is 1.49 bits per heavy atom. The van der Waals surface area contributed by atoms with Crippen LogP contribution in [0.1, 0.15) is 0 Å². The van der Waals surface area contributed by atoms with Gasteiger partial charge in [-0.3, -0.25) is 4.98 Å². The first-order chi connectivity index (χ1) is 28.2. The van der Waals surface area contributed by atoms with E-state index in [4.69, 9.17) is 9.97 Å². The summed E-state index contributed by atoms with van der Waals surface area (Å²) in [7, 11) is 0. The molecule has 10 aromatic carbocycles. The van der Waals surface area contributed by atoms with Crippen molar-refractivity contribution in [3.05, 3.63) is 194 Å². The number of aromatic nitrogens is 2. The monoisotopic (exact) mass is 740 g/mol. The van der Waals surface area contributed by atoms with Gasteiger partial charge in [-0.2, -0.15) is 0 Å². The van der Waals surface area contributed by atoms with E-state index in [9.17, 15) is 0 Å². The van der Waals surface area contributed by atoms with Crippen molar-refractivity contribution in [3.8, 4) is 44.6 Å². The lowest BCUT2D eigenvalue weighted by Gasteiger charge is -2.11. The van der Waals surface area contributed by atoms with Crippen LogP contribution in [-0.2, 0) is 0 Å². The maximum atomic E-state index is 5.24. The standard InChI is InChI=1S/C54H32N2S/c1-3-14-47-44(11-1)45-12-2-4-15-48(45)53-52(47)55-32-50(56-53)42-10-7-9-33(31-42)34-19-20-36-28-37(22-21-35(36)27-34)38-23-24-40-30-41(26-25-39(40)29-38)43-16-8-17-49-46-13-5-6-18-51(46)57-54(43)49/h1-32H. The first-order valence-corrected chi connectivity index (χ1v) is 20.2. The van der Waals surface area contributed by atoms with Crippen LogP contribution < -0.4 is 0 Å². The summed E-state index contributed by atoms with van der Waals surface area (Å²) < 4.78 is 2.69. The predicted molar refractivity (Wildman–Crippen MR) is 244 cm³/mol. The van der Waals surface area contributed by atoms with Crippen LogP contribution in [0.5, 0.6) is 0 Å². The molecule has 264 valence electrons. The minimum absolute atomic E-state index is 0.871. The Labute approximate surface area is 333 Å². The van der Waals surface area contributed by atoms with Crippen molar-refractivity contribution < 1.29 is 0 Å². The fraction of sp³-hybridized carbons (Fsp3) is 0. The molecule has 0 radical (unpaired) electrons. The van der Waals surface area contributed by atoms with Crippen LogP contribution in [0.25, 0.3) is 119 Å². The number of nitrogens with zero attached hydrogens (tertiary/aromatic N) is 2. The van der Waals surface area contributed by atoms with Gasteiger partial charge in [-0.1, -0.05) is 152 Å². The molecule has 0 fully saturated rings. The molecule has 0 saturated carbocycles.